The summed E-state index contributed by atoms with van der Waals surface area (Å²) in [5, 5.41) is 6.82. The standard InChI is InChI=1S/C41H27NO2/c1-26-11-5-7-15-30(26)32-17-9-18-33-34-19-10-20-36(41(34)44-40(32)33)42(28-13-3-2-4-14-28)29-22-24-37-35(25-29)39-31-16-8-6-12-27(31)21-23-38(39)43-37/h2-25H,1H3. The van der Waals surface area contributed by atoms with Gasteiger partial charge in [0.1, 0.15) is 16.7 Å². The Labute approximate surface area is 254 Å². The van der Waals surface area contributed by atoms with Crippen molar-refractivity contribution < 1.29 is 8.83 Å². The third-order valence-electron chi connectivity index (χ3n) is 8.80. The zero-order chi connectivity index (χ0) is 29.2. The molecular formula is C41H27NO2. The van der Waals surface area contributed by atoms with Gasteiger partial charge in [0.05, 0.1) is 5.69 Å². The van der Waals surface area contributed by atoms with Crippen LogP contribution in [0.15, 0.2) is 154 Å². The number of benzene rings is 7. The topological polar surface area (TPSA) is 29.5 Å². The maximum absolute atomic E-state index is 6.89. The van der Waals surface area contributed by atoms with Gasteiger partial charge in [0.25, 0.3) is 0 Å². The van der Waals surface area contributed by atoms with Crippen LogP contribution >= 0.6 is 0 Å². The summed E-state index contributed by atoms with van der Waals surface area (Å²) in [4.78, 5) is 2.29. The maximum atomic E-state index is 6.89. The lowest BCUT2D eigenvalue weighted by Crippen LogP contribution is -2.10. The molecule has 9 rings (SSSR count). The largest absolute Gasteiger partial charge is 0.456 e. The molecule has 0 amide bonds. The Hall–Kier alpha value is -5.80. The predicted octanol–water partition coefficient (Wildman–Crippen LogP) is 12.1. The van der Waals surface area contributed by atoms with Crippen LogP contribution in [0.4, 0.5) is 17.1 Å². The molecule has 3 heteroatoms. The van der Waals surface area contributed by atoms with Gasteiger partial charge in [-0.25, -0.2) is 0 Å². The molecule has 7 aromatic carbocycles. The van der Waals surface area contributed by atoms with Crippen molar-refractivity contribution in [3.05, 3.63) is 151 Å². The summed E-state index contributed by atoms with van der Waals surface area (Å²) in [6.07, 6.45) is 0. The summed E-state index contributed by atoms with van der Waals surface area (Å²) in [5.41, 5.74) is 10.1. The van der Waals surface area contributed by atoms with Gasteiger partial charge in [0.15, 0.2) is 5.58 Å². The van der Waals surface area contributed by atoms with Crippen LogP contribution in [0.2, 0.25) is 0 Å². The number of fused-ring (bicyclic) bond motifs is 8. The van der Waals surface area contributed by atoms with Crippen LogP contribution in [-0.2, 0) is 0 Å². The number of rotatable bonds is 4. The first-order valence-electron chi connectivity index (χ1n) is 14.9. The van der Waals surface area contributed by atoms with Crippen LogP contribution in [0.1, 0.15) is 5.56 Å². The van der Waals surface area contributed by atoms with Gasteiger partial charge in [-0.2, -0.15) is 0 Å². The SMILES string of the molecule is Cc1ccccc1-c1cccc2c1oc1c(N(c3ccccc3)c3ccc4oc5ccc6ccccc6c5c4c3)cccc12. The highest BCUT2D eigenvalue weighted by molar-refractivity contribution is 6.20. The number of aryl methyl sites for hydroxylation is 1. The van der Waals surface area contributed by atoms with Crippen LogP contribution in [0.25, 0.3) is 65.8 Å². The Balaban J connectivity index is 1.32. The van der Waals surface area contributed by atoms with Crippen LogP contribution in [0.3, 0.4) is 0 Å². The van der Waals surface area contributed by atoms with Crippen molar-refractivity contribution >= 4 is 71.7 Å². The summed E-state index contributed by atoms with van der Waals surface area (Å²) in [5.74, 6) is 0. The van der Waals surface area contributed by atoms with E-state index in [9.17, 15) is 0 Å². The molecule has 0 fully saturated rings. The van der Waals surface area contributed by atoms with E-state index in [1.807, 2.05) is 0 Å². The molecule has 3 nitrogen and oxygen atoms in total. The van der Waals surface area contributed by atoms with E-state index in [2.05, 4.69) is 157 Å². The van der Waals surface area contributed by atoms with Crippen LogP contribution in [0.5, 0.6) is 0 Å². The molecule has 0 saturated heterocycles. The van der Waals surface area contributed by atoms with Gasteiger partial charge in [0.2, 0.25) is 0 Å². The van der Waals surface area contributed by atoms with Crippen molar-refractivity contribution in [3.63, 3.8) is 0 Å². The van der Waals surface area contributed by atoms with Gasteiger partial charge >= 0.3 is 0 Å². The van der Waals surface area contributed by atoms with E-state index < -0.39 is 0 Å². The number of hydrogen-bond donors (Lipinski definition) is 0. The number of anilines is 3. The van der Waals surface area contributed by atoms with Crippen LogP contribution in [0, 0.1) is 6.92 Å². The highest BCUT2D eigenvalue weighted by atomic mass is 16.3. The maximum Gasteiger partial charge on any atom is 0.159 e. The lowest BCUT2D eigenvalue weighted by molar-refractivity contribution is 0.669. The number of hydrogen-bond acceptors (Lipinski definition) is 3. The first-order chi connectivity index (χ1) is 21.7. The van der Waals surface area contributed by atoms with Gasteiger partial charge in [0, 0.05) is 38.5 Å². The molecule has 0 atom stereocenters. The average molecular weight is 566 g/mol. The van der Waals surface area contributed by atoms with E-state index >= 15 is 0 Å². The lowest BCUT2D eigenvalue weighted by atomic mass is 9.98. The molecule has 2 aromatic heterocycles. The van der Waals surface area contributed by atoms with E-state index in [1.54, 1.807) is 0 Å². The van der Waals surface area contributed by atoms with Gasteiger partial charge in [-0.05, 0) is 71.3 Å². The van der Waals surface area contributed by atoms with Gasteiger partial charge in [-0.15, -0.1) is 0 Å². The zero-order valence-electron chi connectivity index (χ0n) is 24.1. The van der Waals surface area contributed by atoms with E-state index in [1.165, 1.54) is 21.9 Å². The number of nitrogens with zero attached hydrogens (tertiary/aromatic N) is 1. The molecular weight excluding hydrogens is 538 g/mol. The average Bonchev–Trinajstić information content (AvgIpc) is 3.65. The quantitative estimate of drug-likeness (QED) is 0.213. The molecule has 0 radical (unpaired) electrons. The first-order valence-corrected chi connectivity index (χ1v) is 14.9. The van der Waals surface area contributed by atoms with Crippen molar-refractivity contribution in [3.8, 4) is 11.1 Å². The summed E-state index contributed by atoms with van der Waals surface area (Å²) in [6, 6.07) is 51.1. The fraction of sp³-hybridized carbons (Fsp3) is 0.0244. The predicted molar refractivity (Wildman–Crippen MR) is 183 cm³/mol. The molecule has 44 heavy (non-hydrogen) atoms. The summed E-state index contributed by atoms with van der Waals surface area (Å²) < 4.78 is 13.2. The number of para-hydroxylation sites is 3. The lowest BCUT2D eigenvalue weighted by Gasteiger charge is -2.25. The second-order valence-corrected chi connectivity index (χ2v) is 11.4. The van der Waals surface area contributed by atoms with E-state index in [0.29, 0.717) is 0 Å². The van der Waals surface area contributed by atoms with Gasteiger partial charge in [-0.3, -0.25) is 0 Å². The molecule has 208 valence electrons. The number of furan rings is 2. The highest BCUT2D eigenvalue weighted by Crippen LogP contribution is 2.45. The minimum Gasteiger partial charge on any atom is -0.456 e. The molecule has 0 saturated carbocycles. The van der Waals surface area contributed by atoms with Crippen LogP contribution in [-0.4, -0.2) is 0 Å². The zero-order valence-corrected chi connectivity index (χ0v) is 24.1. The van der Waals surface area contributed by atoms with Crippen LogP contribution < -0.4 is 4.90 Å². The fourth-order valence-electron chi connectivity index (χ4n) is 6.75. The molecule has 0 aliphatic carbocycles. The summed E-state index contributed by atoms with van der Waals surface area (Å²) in [6.45, 7) is 2.15. The normalized spacial score (nSPS) is 11.8. The van der Waals surface area contributed by atoms with Crippen molar-refractivity contribution in [1.82, 2.24) is 0 Å². The van der Waals surface area contributed by atoms with E-state index in [4.69, 9.17) is 8.83 Å². The van der Waals surface area contributed by atoms with Gasteiger partial charge in [-0.1, -0.05) is 103 Å². The fourth-order valence-corrected chi connectivity index (χ4v) is 6.75. The minimum atomic E-state index is 0.856. The Morgan fingerprint density at radius 2 is 1.16 bits per heavy atom. The van der Waals surface area contributed by atoms with E-state index in [-0.39, 0.29) is 0 Å². The van der Waals surface area contributed by atoms with Crippen molar-refractivity contribution in [2.45, 2.75) is 6.92 Å². The minimum absolute atomic E-state index is 0.856. The first kappa shape index (κ1) is 24.8. The molecule has 0 bridgehead atoms. The molecule has 0 N–H and O–H groups in total. The molecule has 0 unspecified atom stereocenters. The molecule has 0 aliphatic rings. The third-order valence-corrected chi connectivity index (χ3v) is 8.80. The molecule has 2 heterocycles. The Kier molecular flexibility index (Phi) is 5.41. The van der Waals surface area contributed by atoms with E-state index in [0.717, 1.165) is 66.5 Å². The molecule has 0 aliphatic heterocycles. The Morgan fingerprint density at radius 3 is 2.05 bits per heavy atom. The molecule has 0 spiro atoms. The second kappa shape index (κ2) is 9.62. The summed E-state index contributed by atoms with van der Waals surface area (Å²) >= 11 is 0. The highest BCUT2D eigenvalue weighted by Gasteiger charge is 2.22. The van der Waals surface area contributed by atoms with Crippen molar-refractivity contribution in [2.75, 3.05) is 4.90 Å². The van der Waals surface area contributed by atoms with Gasteiger partial charge < -0.3 is 13.7 Å². The Morgan fingerprint density at radius 1 is 0.455 bits per heavy atom. The van der Waals surface area contributed by atoms with Crippen molar-refractivity contribution in [1.29, 1.82) is 0 Å². The smallest absolute Gasteiger partial charge is 0.159 e. The Bertz CT molecular complexity index is 2520. The van der Waals surface area contributed by atoms with Crippen molar-refractivity contribution in [2.24, 2.45) is 0 Å². The third kappa shape index (κ3) is 3.69. The molecule has 9 aromatic rings. The second-order valence-electron chi connectivity index (χ2n) is 11.4. The summed E-state index contributed by atoms with van der Waals surface area (Å²) in [7, 11) is 0. The monoisotopic (exact) mass is 565 g/mol.